The Bertz CT molecular complexity index is 263. The number of hydrogen-bond donors (Lipinski definition) is 2. The smallest absolute Gasteiger partial charge is 0.144 e. The molecule has 4 nitrogen and oxygen atoms in total. The third-order valence-corrected chi connectivity index (χ3v) is 2.68. The fourth-order valence-corrected chi connectivity index (χ4v) is 1.50. The predicted octanol–water partition coefficient (Wildman–Crippen LogP) is 0.986. The summed E-state index contributed by atoms with van der Waals surface area (Å²) in [7, 11) is 0. The Balaban J connectivity index is 2.68. The second-order valence-corrected chi connectivity index (χ2v) is 5.30. The Morgan fingerprint density at radius 3 is 2.33 bits per heavy atom. The highest BCUT2D eigenvalue weighted by molar-refractivity contribution is 5.59. The average Bonchev–Trinajstić information content (AvgIpc) is 2.83. The summed E-state index contributed by atoms with van der Waals surface area (Å²) in [6.07, 6.45) is 4.84. The van der Waals surface area contributed by atoms with Crippen LogP contribution in [-0.4, -0.2) is 17.3 Å². The molecule has 0 heterocycles. The zero-order chi connectivity index (χ0) is 11.6. The summed E-state index contributed by atoms with van der Waals surface area (Å²) in [6.45, 7) is 5.94. The molecule has 0 aromatic heterocycles. The number of hydrogen-bond acceptors (Lipinski definition) is 4. The highest BCUT2D eigenvalue weighted by Gasteiger charge is 2.29. The molecule has 1 atom stereocenters. The van der Waals surface area contributed by atoms with Crippen LogP contribution in [0.2, 0.25) is 0 Å². The van der Waals surface area contributed by atoms with Gasteiger partial charge in [-0.1, -0.05) is 20.8 Å². The number of rotatable bonds is 4. The van der Waals surface area contributed by atoms with E-state index < -0.39 is 0 Å². The van der Waals surface area contributed by atoms with E-state index in [9.17, 15) is 4.79 Å². The fraction of sp³-hybridized carbons (Fsp3) is 0.727. The standard InChI is InChI=1S/C11H21N3O/c1-11(2,3)10(7-15)14(13)6-9(12)8-4-5-8/h6-8,10H,4-5,12-13H2,1-3H3/b9-6-. The maximum atomic E-state index is 11.0. The zero-order valence-corrected chi connectivity index (χ0v) is 9.73. The van der Waals surface area contributed by atoms with Crippen molar-refractivity contribution in [3.8, 4) is 0 Å². The lowest BCUT2D eigenvalue weighted by Crippen LogP contribution is -2.46. The molecule has 15 heavy (non-hydrogen) atoms. The van der Waals surface area contributed by atoms with Crippen LogP contribution in [0.3, 0.4) is 0 Å². The molecule has 1 fully saturated rings. The Morgan fingerprint density at radius 1 is 1.47 bits per heavy atom. The summed E-state index contributed by atoms with van der Waals surface area (Å²) < 4.78 is 0. The van der Waals surface area contributed by atoms with Crippen molar-refractivity contribution in [2.75, 3.05) is 0 Å². The summed E-state index contributed by atoms with van der Waals surface area (Å²) in [5, 5.41) is 1.43. The van der Waals surface area contributed by atoms with E-state index in [1.54, 1.807) is 6.20 Å². The molecule has 0 aromatic rings. The lowest BCUT2D eigenvalue weighted by molar-refractivity contribution is -0.114. The van der Waals surface area contributed by atoms with Crippen molar-refractivity contribution in [2.45, 2.75) is 39.7 Å². The first-order valence-electron chi connectivity index (χ1n) is 5.31. The minimum absolute atomic E-state index is 0.184. The average molecular weight is 211 g/mol. The minimum Gasteiger partial charge on any atom is -0.401 e. The van der Waals surface area contributed by atoms with Gasteiger partial charge in [0.2, 0.25) is 0 Å². The summed E-state index contributed by atoms with van der Waals surface area (Å²) in [5.41, 5.74) is 6.44. The van der Waals surface area contributed by atoms with Crippen LogP contribution in [0.25, 0.3) is 0 Å². The third-order valence-electron chi connectivity index (χ3n) is 2.68. The molecule has 1 unspecified atom stereocenters. The largest absolute Gasteiger partial charge is 0.401 e. The SMILES string of the molecule is CC(C)(C)C(C=O)N(N)/C=C(\N)C1CC1. The van der Waals surface area contributed by atoms with Gasteiger partial charge in [0.1, 0.15) is 12.3 Å². The van der Waals surface area contributed by atoms with Gasteiger partial charge in [0.05, 0.1) is 0 Å². The van der Waals surface area contributed by atoms with Crippen LogP contribution < -0.4 is 11.6 Å². The van der Waals surface area contributed by atoms with Gasteiger partial charge in [0.25, 0.3) is 0 Å². The molecular formula is C11H21N3O. The van der Waals surface area contributed by atoms with E-state index in [0.717, 1.165) is 24.8 Å². The first kappa shape index (κ1) is 12.0. The van der Waals surface area contributed by atoms with Crippen molar-refractivity contribution in [1.29, 1.82) is 0 Å². The van der Waals surface area contributed by atoms with Crippen LogP contribution >= 0.6 is 0 Å². The van der Waals surface area contributed by atoms with E-state index in [-0.39, 0.29) is 11.5 Å². The van der Waals surface area contributed by atoms with Crippen molar-refractivity contribution in [3.63, 3.8) is 0 Å². The second-order valence-electron chi connectivity index (χ2n) is 5.30. The summed E-state index contributed by atoms with van der Waals surface area (Å²) in [6, 6.07) is -0.338. The second kappa shape index (κ2) is 4.23. The van der Waals surface area contributed by atoms with Crippen molar-refractivity contribution in [2.24, 2.45) is 22.9 Å². The molecule has 0 aliphatic heterocycles. The minimum atomic E-state index is -0.338. The van der Waals surface area contributed by atoms with E-state index in [1.807, 2.05) is 20.8 Å². The van der Waals surface area contributed by atoms with Crippen molar-refractivity contribution < 1.29 is 4.79 Å². The van der Waals surface area contributed by atoms with Crippen LogP contribution in [-0.2, 0) is 4.79 Å². The molecule has 1 aliphatic carbocycles. The lowest BCUT2D eigenvalue weighted by atomic mass is 9.87. The number of aldehydes is 1. The van der Waals surface area contributed by atoms with Gasteiger partial charge < -0.3 is 15.5 Å². The molecule has 1 aliphatic rings. The first-order valence-corrected chi connectivity index (χ1v) is 5.31. The van der Waals surface area contributed by atoms with Gasteiger partial charge in [0, 0.05) is 17.8 Å². The molecule has 1 saturated carbocycles. The van der Waals surface area contributed by atoms with Gasteiger partial charge in [-0.05, 0) is 18.3 Å². The highest BCUT2D eigenvalue weighted by atomic mass is 16.1. The van der Waals surface area contributed by atoms with Crippen LogP contribution in [0.5, 0.6) is 0 Å². The fourth-order valence-electron chi connectivity index (χ4n) is 1.50. The lowest BCUT2D eigenvalue weighted by Gasteiger charge is -2.32. The number of carbonyl (C=O) groups is 1. The van der Waals surface area contributed by atoms with Gasteiger partial charge in [0.15, 0.2) is 0 Å². The summed E-state index contributed by atoms with van der Waals surface area (Å²) in [4.78, 5) is 11.0. The maximum absolute atomic E-state index is 11.0. The predicted molar refractivity (Wildman–Crippen MR) is 60.3 cm³/mol. The normalized spacial score (nSPS) is 19.9. The third kappa shape index (κ3) is 3.23. The van der Waals surface area contributed by atoms with Crippen LogP contribution in [0, 0.1) is 11.3 Å². The topological polar surface area (TPSA) is 72.3 Å². The Labute approximate surface area is 91.3 Å². The molecule has 4 heteroatoms. The number of nitrogens with zero attached hydrogens (tertiary/aromatic N) is 1. The molecule has 0 spiro atoms. The first-order chi connectivity index (χ1) is 6.86. The van der Waals surface area contributed by atoms with Gasteiger partial charge in [-0.25, -0.2) is 5.84 Å². The number of hydrazine groups is 1. The molecule has 0 aromatic carbocycles. The van der Waals surface area contributed by atoms with E-state index in [1.165, 1.54) is 5.01 Å². The van der Waals surface area contributed by atoms with Crippen molar-refractivity contribution >= 4 is 6.29 Å². The quantitative estimate of drug-likeness (QED) is 0.413. The van der Waals surface area contributed by atoms with Gasteiger partial charge in [-0.15, -0.1) is 0 Å². The molecule has 0 radical (unpaired) electrons. The van der Waals surface area contributed by atoms with Gasteiger partial charge in [-0.2, -0.15) is 0 Å². The molecule has 4 N–H and O–H groups in total. The number of nitrogens with two attached hydrogens (primary N) is 2. The molecular weight excluding hydrogens is 190 g/mol. The molecule has 1 rings (SSSR count). The van der Waals surface area contributed by atoms with Crippen molar-refractivity contribution in [1.82, 2.24) is 5.01 Å². The van der Waals surface area contributed by atoms with Crippen molar-refractivity contribution in [3.05, 3.63) is 11.9 Å². The summed E-state index contributed by atoms with van der Waals surface area (Å²) in [5.74, 6) is 6.30. The molecule has 0 saturated heterocycles. The monoisotopic (exact) mass is 211 g/mol. The van der Waals surface area contributed by atoms with Gasteiger partial charge in [-0.3, -0.25) is 0 Å². The Hall–Kier alpha value is -1.03. The van der Waals surface area contributed by atoms with E-state index >= 15 is 0 Å². The number of allylic oxidation sites excluding steroid dienone is 1. The van der Waals surface area contributed by atoms with E-state index in [2.05, 4.69) is 0 Å². The Kier molecular flexibility index (Phi) is 3.39. The van der Waals surface area contributed by atoms with Crippen LogP contribution in [0.1, 0.15) is 33.6 Å². The number of carbonyl (C=O) groups excluding carboxylic acids is 1. The Morgan fingerprint density at radius 2 is 2.00 bits per heavy atom. The van der Waals surface area contributed by atoms with Gasteiger partial charge >= 0.3 is 0 Å². The zero-order valence-electron chi connectivity index (χ0n) is 9.73. The molecule has 0 bridgehead atoms. The van der Waals surface area contributed by atoms with E-state index in [0.29, 0.717) is 5.92 Å². The molecule has 86 valence electrons. The van der Waals surface area contributed by atoms with Crippen LogP contribution in [0.4, 0.5) is 0 Å². The molecule has 0 amide bonds. The van der Waals surface area contributed by atoms with Crippen LogP contribution in [0.15, 0.2) is 11.9 Å². The maximum Gasteiger partial charge on any atom is 0.144 e. The summed E-state index contributed by atoms with van der Waals surface area (Å²) >= 11 is 0. The highest BCUT2D eigenvalue weighted by Crippen LogP contribution is 2.34. The van der Waals surface area contributed by atoms with E-state index in [4.69, 9.17) is 11.6 Å².